The number of alkyl halides is 3. The van der Waals surface area contributed by atoms with E-state index in [0.29, 0.717) is 12.1 Å². The molecule has 1 amide bonds. The summed E-state index contributed by atoms with van der Waals surface area (Å²) in [6.07, 6.45) is -3.03. The van der Waals surface area contributed by atoms with Crippen LogP contribution in [0.5, 0.6) is 0 Å². The van der Waals surface area contributed by atoms with Gasteiger partial charge in [-0.15, -0.1) is 0 Å². The van der Waals surface area contributed by atoms with Gasteiger partial charge in [-0.3, -0.25) is 9.59 Å². The number of benzene rings is 2. The van der Waals surface area contributed by atoms with E-state index in [0.717, 1.165) is 24.3 Å². The van der Waals surface area contributed by atoms with Crippen LogP contribution in [0, 0.1) is 0 Å². The maximum Gasteiger partial charge on any atom is 0.416 e. The highest BCUT2D eigenvalue weighted by Crippen LogP contribution is 2.29. The summed E-state index contributed by atoms with van der Waals surface area (Å²) in [6, 6.07) is 10.3. The number of halogens is 3. The van der Waals surface area contributed by atoms with Crippen LogP contribution in [0.3, 0.4) is 0 Å². The Morgan fingerprint density at radius 1 is 1.08 bits per heavy atom. The standard InChI is InChI=1S/C19H17F3N2O2/c1-2-24-18(26)16(23)11-12-4-3-5-14(10-12)17(25)13-6-8-15(9-7-13)19(20,21)22/h3-11H,2,23H2,1H3,(H,24,26)/b16-11-. The summed E-state index contributed by atoms with van der Waals surface area (Å²) >= 11 is 0. The molecule has 0 saturated heterocycles. The van der Waals surface area contributed by atoms with Crippen molar-refractivity contribution in [3.8, 4) is 0 Å². The number of likely N-dealkylation sites (N-methyl/N-ethyl adjacent to an activating group) is 1. The third kappa shape index (κ3) is 4.72. The molecule has 0 aliphatic carbocycles. The minimum absolute atomic E-state index is 0.00835. The summed E-state index contributed by atoms with van der Waals surface area (Å²) in [6.45, 7) is 2.19. The molecular formula is C19H17F3N2O2. The van der Waals surface area contributed by atoms with Crippen LogP contribution >= 0.6 is 0 Å². The van der Waals surface area contributed by atoms with E-state index in [4.69, 9.17) is 5.73 Å². The number of hydrogen-bond acceptors (Lipinski definition) is 3. The van der Waals surface area contributed by atoms with E-state index in [1.54, 1.807) is 25.1 Å². The van der Waals surface area contributed by atoms with E-state index in [9.17, 15) is 22.8 Å². The van der Waals surface area contributed by atoms with Crippen LogP contribution in [0.4, 0.5) is 13.2 Å². The Hall–Kier alpha value is -3.09. The molecule has 0 unspecified atom stereocenters. The molecule has 0 aromatic heterocycles. The fourth-order valence-corrected chi connectivity index (χ4v) is 2.25. The van der Waals surface area contributed by atoms with Crippen molar-refractivity contribution >= 4 is 17.8 Å². The van der Waals surface area contributed by atoms with Crippen LogP contribution in [-0.4, -0.2) is 18.2 Å². The van der Waals surface area contributed by atoms with Gasteiger partial charge in [0.05, 0.1) is 11.3 Å². The zero-order chi connectivity index (χ0) is 19.3. The molecule has 136 valence electrons. The number of carbonyl (C=O) groups is 2. The van der Waals surface area contributed by atoms with Gasteiger partial charge in [-0.05, 0) is 36.8 Å². The van der Waals surface area contributed by atoms with Gasteiger partial charge >= 0.3 is 6.18 Å². The second kappa shape index (κ2) is 7.86. The largest absolute Gasteiger partial charge is 0.416 e. The number of rotatable bonds is 5. The first kappa shape index (κ1) is 19.2. The third-order valence-corrected chi connectivity index (χ3v) is 3.54. The van der Waals surface area contributed by atoms with Crippen molar-refractivity contribution in [1.82, 2.24) is 5.32 Å². The first-order valence-corrected chi connectivity index (χ1v) is 7.79. The van der Waals surface area contributed by atoms with Crippen molar-refractivity contribution < 1.29 is 22.8 Å². The summed E-state index contributed by atoms with van der Waals surface area (Å²) in [7, 11) is 0. The Morgan fingerprint density at radius 3 is 2.31 bits per heavy atom. The number of nitrogens with one attached hydrogen (secondary N) is 1. The van der Waals surface area contributed by atoms with Gasteiger partial charge in [-0.1, -0.05) is 30.3 Å². The van der Waals surface area contributed by atoms with Crippen molar-refractivity contribution in [2.75, 3.05) is 6.54 Å². The van der Waals surface area contributed by atoms with Crippen molar-refractivity contribution in [2.24, 2.45) is 5.73 Å². The van der Waals surface area contributed by atoms with Gasteiger partial charge in [0.25, 0.3) is 5.91 Å². The Balaban J connectivity index is 2.25. The van der Waals surface area contributed by atoms with Gasteiger partial charge in [-0.25, -0.2) is 0 Å². The second-order valence-electron chi connectivity index (χ2n) is 5.49. The molecule has 0 atom stereocenters. The molecule has 2 aromatic carbocycles. The molecule has 0 bridgehead atoms. The highest BCUT2D eigenvalue weighted by atomic mass is 19.4. The van der Waals surface area contributed by atoms with Crippen LogP contribution in [0.15, 0.2) is 54.2 Å². The summed E-state index contributed by atoms with van der Waals surface area (Å²) in [4.78, 5) is 24.1. The fourth-order valence-electron chi connectivity index (χ4n) is 2.25. The molecule has 0 saturated carbocycles. The average molecular weight is 362 g/mol. The number of ketones is 1. The van der Waals surface area contributed by atoms with Crippen molar-refractivity contribution in [3.05, 3.63) is 76.5 Å². The fraction of sp³-hybridized carbons (Fsp3) is 0.158. The number of hydrogen-bond donors (Lipinski definition) is 2. The minimum atomic E-state index is -4.46. The van der Waals surface area contributed by atoms with E-state index >= 15 is 0 Å². The summed E-state index contributed by atoms with van der Waals surface area (Å²) < 4.78 is 37.8. The smallest absolute Gasteiger partial charge is 0.394 e. The molecule has 0 heterocycles. The average Bonchev–Trinajstić information content (AvgIpc) is 2.61. The molecule has 7 heteroatoms. The number of carbonyl (C=O) groups excluding carboxylic acids is 2. The molecule has 0 spiro atoms. The van der Waals surface area contributed by atoms with Gasteiger partial charge < -0.3 is 11.1 Å². The van der Waals surface area contributed by atoms with Crippen molar-refractivity contribution in [1.29, 1.82) is 0 Å². The quantitative estimate of drug-likeness (QED) is 0.633. The van der Waals surface area contributed by atoms with E-state index < -0.39 is 23.4 Å². The Labute approximate surface area is 148 Å². The maximum atomic E-state index is 12.6. The lowest BCUT2D eigenvalue weighted by Gasteiger charge is -2.08. The molecule has 0 aliphatic heterocycles. The molecule has 0 radical (unpaired) electrons. The lowest BCUT2D eigenvalue weighted by Crippen LogP contribution is -2.27. The van der Waals surface area contributed by atoms with Crippen LogP contribution in [-0.2, 0) is 11.0 Å². The molecule has 2 aromatic rings. The predicted molar refractivity (Wildman–Crippen MR) is 92.2 cm³/mol. The molecule has 2 rings (SSSR count). The Bertz CT molecular complexity index is 841. The first-order valence-electron chi connectivity index (χ1n) is 7.79. The number of nitrogens with two attached hydrogens (primary N) is 1. The van der Waals surface area contributed by atoms with Crippen molar-refractivity contribution in [2.45, 2.75) is 13.1 Å². The van der Waals surface area contributed by atoms with E-state index in [1.807, 2.05) is 0 Å². The SMILES string of the molecule is CCNC(=O)/C(N)=C/c1cccc(C(=O)c2ccc(C(F)(F)F)cc2)c1. The van der Waals surface area contributed by atoms with Gasteiger partial charge in [0.15, 0.2) is 5.78 Å². The molecule has 26 heavy (non-hydrogen) atoms. The van der Waals surface area contributed by atoms with Gasteiger partial charge in [0.1, 0.15) is 0 Å². The maximum absolute atomic E-state index is 12.6. The molecule has 0 fully saturated rings. The molecule has 0 aliphatic rings. The summed E-state index contributed by atoms with van der Waals surface area (Å²) in [5, 5.41) is 2.56. The van der Waals surface area contributed by atoms with Crippen LogP contribution < -0.4 is 11.1 Å². The minimum Gasteiger partial charge on any atom is -0.394 e. The summed E-state index contributed by atoms with van der Waals surface area (Å²) in [5.74, 6) is -0.850. The van der Waals surface area contributed by atoms with E-state index in [1.165, 1.54) is 12.1 Å². The highest BCUT2D eigenvalue weighted by molar-refractivity contribution is 6.09. The molecule has 4 nitrogen and oxygen atoms in total. The highest BCUT2D eigenvalue weighted by Gasteiger charge is 2.30. The lowest BCUT2D eigenvalue weighted by atomic mass is 10.00. The van der Waals surface area contributed by atoms with Gasteiger partial charge in [0.2, 0.25) is 0 Å². The van der Waals surface area contributed by atoms with Crippen LogP contribution in [0.1, 0.15) is 34.0 Å². The first-order chi connectivity index (χ1) is 12.2. The van der Waals surface area contributed by atoms with Gasteiger partial charge in [-0.2, -0.15) is 13.2 Å². The molecular weight excluding hydrogens is 345 g/mol. The zero-order valence-electron chi connectivity index (χ0n) is 13.9. The van der Waals surface area contributed by atoms with Gasteiger partial charge in [0, 0.05) is 17.7 Å². The predicted octanol–water partition coefficient (Wildman–Crippen LogP) is 3.37. The van der Waals surface area contributed by atoms with E-state index in [2.05, 4.69) is 5.32 Å². The van der Waals surface area contributed by atoms with E-state index in [-0.39, 0.29) is 16.8 Å². The zero-order valence-corrected chi connectivity index (χ0v) is 13.9. The second-order valence-corrected chi connectivity index (χ2v) is 5.49. The monoisotopic (exact) mass is 362 g/mol. The van der Waals surface area contributed by atoms with Crippen LogP contribution in [0.25, 0.3) is 6.08 Å². The third-order valence-electron chi connectivity index (χ3n) is 3.54. The van der Waals surface area contributed by atoms with Crippen molar-refractivity contribution in [3.63, 3.8) is 0 Å². The lowest BCUT2D eigenvalue weighted by molar-refractivity contribution is -0.137. The number of amides is 1. The molecule has 3 N–H and O–H groups in total. The summed E-state index contributed by atoms with van der Waals surface area (Å²) in [5.41, 5.74) is 5.81. The Kier molecular flexibility index (Phi) is 5.82. The normalized spacial score (nSPS) is 11.9. The van der Waals surface area contributed by atoms with Crippen LogP contribution in [0.2, 0.25) is 0 Å². The Morgan fingerprint density at radius 2 is 1.73 bits per heavy atom. The topological polar surface area (TPSA) is 72.2 Å².